The average molecular weight is 382 g/mol. The van der Waals surface area contributed by atoms with Gasteiger partial charge in [-0.15, -0.1) is 6.58 Å². The van der Waals surface area contributed by atoms with Gasteiger partial charge in [0.1, 0.15) is 11.6 Å². The molecule has 0 aliphatic heterocycles. The van der Waals surface area contributed by atoms with Gasteiger partial charge in [-0.25, -0.2) is 4.98 Å². The van der Waals surface area contributed by atoms with Crippen molar-refractivity contribution < 1.29 is 0 Å². The van der Waals surface area contributed by atoms with E-state index >= 15 is 0 Å². The number of nitrogens with one attached hydrogen (secondary N) is 2. The molecule has 5 heteroatoms. The summed E-state index contributed by atoms with van der Waals surface area (Å²) in [7, 11) is 0. The molecule has 0 atom stereocenters. The summed E-state index contributed by atoms with van der Waals surface area (Å²) < 4.78 is 2.05. The Kier molecular flexibility index (Phi) is 5.12. The van der Waals surface area contributed by atoms with E-state index in [-0.39, 0.29) is 5.43 Å². The van der Waals surface area contributed by atoms with E-state index in [4.69, 9.17) is 0 Å². The third-order valence-electron chi connectivity index (χ3n) is 4.60. The van der Waals surface area contributed by atoms with Crippen LogP contribution in [-0.2, 0) is 0 Å². The van der Waals surface area contributed by atoms with Gasteiger partial charge >= 0.3 is 0 Å². The largest absolute Gasteiger partial charge is 0.366 e. The van der Waals surface area contributed by atoms with Crippen molar-refractivity contribution in [3.05, 3.63) is 101 Å². The molecule has 0 saturated heterocycles. The van der Waals surface area contributed by atoms with Crippen LogP contribution >= 0.6 is 0 Å². The molecular weight excluding hydrogens is 360 g/mol. The molecule has 4 aromatic rings. The molecule has 2 heterocycles. The Labute approximate surface area is 169 Å². The molecule has 144 valence electrons. The Morgan fingerprint density at radius 1 is 1.03 bits per heavy atom. The highest BCUT2D eigenvalue weighted by Crippen LogP contribution is 2.28. The van der Waals surface area contributed by atoms with E-state index in [2.05, 4.69) is 26.8 Å². The number of benzene rings is 2. The molecule has 4 rings (SSSR count). The van der Waals surface area contributed by atoms with Crippen LogP contribution in [0.1, 0.15) is 5.69 Å². The SMILES string of the molecule is C=CCNc1nc(C)cc2c1c(=O)cc(Nc1ccccc1)n2-c1ccccc1. The zero-order chi connectivity index (χ0) is 20.2. The lowest BCUT2D eigenvalue weighted by Gasteiger charge is -2.20. The van der Waals surface area contributed by atoms with Crippen LogP contribution in [0, 0.1) is 6.92 Å². The maximum atomic E-state index is 13.1. The molecule has 0 bridgehead atoms. The molecule has 5 nitrogen and oxygen atoms in total. The number of anilines is 3. The topological polar surface area (TPSA) is 59.0 Å². The predicted octanol–water partition coefficient (Wildman–Crippen LogP) is 5.04. The van der Waals surface area contributed by atoms with Crippen molar-refractivity contribution in [2.45, 2.75) is 6.92 Å². The first-order valence-electron chi connectivity index (χ1n) is 9.47. The molecule has 0 spiro atoms. The Morgan fingerprint density at radius 2 is 1.72 bits per heavy atom. The van der Waals surface area contributed by atoms with Crippen molar-refractivity contribution in [2.75, 3.05) is 17.2 Å². The van der Waals surface area contributed by atoms with E-state index < -0.39 is 0 Å². The molecule has 0 radical (unpaired) electrons. The molecule has 29 heavy (non-hydrogen) atoms. The highest BCUT2D eigenvalue weighted by atomic mass is 16.1. The first kappa shape index (κ1) is 18.5. The average Bonchev–Trinajstić information content (AvgIpc) is 2.73. The highest BCUT2D eigenvalue weighted by molar-refractivity contribution is 5.92. The lowest BCUT2D eigenvalue weighted by Crippen LogP contribution is -2.15. The van der Waals surface area contributed by atoms with Crippen molar-refractivity contribution in [2.24, 2.45) is 0 Å². The molecule has 0 amide bonds. The maximum Gasteiger partial charge on any atom is 0.195 e. The van der Waals surface area contributed by atoms with Gasteiger partial charge in [0.25, 0.3) is 0 Å². The van der Waals surface area contributed by atoms with Gasteiger partial charge in [0.2, 0.25) is 0 Å². The van der Waals surface area contributed by atoms with Gasteiger partial charge in [0.05, 0.1) is 10.9 Å². The number of pyridine rings is 2. The standard InChI is InChI=1S/C24H22N4O/c1-3-14-25-24-23-20(15-17(2)26-24)28(19-12-8-5-9-13-19)22(16-21(23)29)27-18-10-6-4-7-11-18/h3-13,15-16,27H,1,14H2,2H3,(H,25,26). The first-order chi connectivity index (χ1) is 14.2. The molecule has 2 aromatic heterocycles. The van der Waals surface area contributed by atoms with Crippen molar-refractivity contribution in [1.29, 1.82) is 0 Å². The fraction of sp³-hybridized carbons (Fsp3) is 0.0833. The Balaban J connectivity index is 2.03. The monoisotopic (exact) mass is 382 g/mol. The Morgan fingerprint density at radius 3 is 2.41 bits per heavy atom. The highest BCUT2D eigenvalue weighted by Gasteiger charge is 2.16. The van der Waals surface area contributed by atoms with Crippen LogP contribution in [0.15, 0.2) is 90.2 Å². The van der Waals surface area contributed by atoms with Crippen LogP contribution in [0.3, 0.4) is 0 Å². The predicted molar refractivity (Wildman–Crippen MR) is 120 cm³/mol. The van der Waals surface area contributed by atoms with E-state index in [1.165, 1.54) is 0 Å². The summed E-state index contributed by atoms with van der Waals surface area (Å²) in [4.78, 5) is 17.7. The van der Waals surface area contributed by atoms with Crippen molar-refractivity contribution in [3.8, 4) is 5.69 Å². The molecule has 0 aliphatic rings. The summed E-state index contributed by atoms with van der Waals surface area (Å²) in [6.45, 7) is 6.20. The lowest BCUT2D eigenvalue weighted by molar-refractivity contribution is 1.08. The summed E-state index contributed by atoms with van der Waals surface area (Å²) >= 11 is 0. The first-order valence-corrected chi connectivity index (χ1v) is 9.47. The summed E-state index contributed by atoms with van der Waals surface area (Å²) in [6.07, 6.45) is 1.75. The van der Waals surface area contributed by atoms with Crippen LogP contribution in [0.25, 0.3) is 16.6 Å². The van der Waals surface area contributed by atoms with E-state index in [0.29, 0.717) is 23.6 Å². The van der Waals surface area contributed by atoms with Crippen LogP contribution < -0.4 is 16.1 Å². The van der Waals surface area contributed by atoms with Crippen LogP contribution in [0.5, 0.6) is 0 Å². The van der Waals surface area contributed by atoms with Gasteiger partial charge in [0.15, 0.2) is 5.43 Å². The summed E-state index contributed by atoms with van der Waals surface area (Å²) in [5.41, 5.74) is 3.39. The van der Waals surface area contributed by atoms with E-state index in [0.717, 1.165) is 22.6 Å². The number of fused-ring (bicyclic) bond motifs is 1. The molecule has 2 N–H and O–H groups in total. The smallest absolute Gasteiger partial charge is 0.195 e. The molecule has 2 aromatic carbocycles. The number of aryl methyl sites for hydroxylation is 1. The van der Waals surface area contributed by atoms with Gasteiger partial charge < -0.3 is 10.6 Å². The fourth-order valence-electron chi connectivity index (χ4n) is 3.38. The van der Waals surface area contributed by atoms with E-state index in [1.807, 2.05) is 73.7 Å². The zero-order valence-electron chi connectivity index (χ0n) is 16.2. The normalized spacial score (nSPS) is 10.7. The van der Waals surface area contributed by atoms with Gasteiger partial charge in [-0.1, -0.05) is 42.5 Å². The third-order valence-corrected chi connectivity index (χ3v) is 4.60. The lowest BCUT2D eigenvalue weighted by atomic mass is 10.1. The molecular formula is C24H22N4O. The maximum absolute atomic E-state index is 13.1. The van der Waals surface area contributed by atoms with Crippen LogP contribution in [-0.4, -0.2) is 16.1 Å². The van der Waals surface area contributed by atoms with Crippen molar-refractivity contribution in [1.82, 2.24) is 9.55 Å². The van der Waals surface area contributed by atoms with Crippen LogP contribution in [0.2, 0.25) is 0 Å². The quantitative estimate of drug-likeness (QED) is 0.459. The minimum atomic E-state index is -0.0929. The van der Waals surface area contributed by atoms with Gasteiger partial charge in [0, 0.05) is 29.7 Å². The number of para-hydroxylation sites is 2. The third kappa shape index (κ3) is 3.75. The number of hydrogen-bond donors (Lipinski definition) is 2. The zero-order valence-corrected chi connectivity index (χ0v) is 16.2. The van der Waals surface area contributed by atoms with Gasteiger partial charge in [-0.3, -0.25) is 9.36 Å². The summed E-state index contributed by atoms with van der Waals surface area (Å²) in [5, 5.41) is 7.15. The number of aromatic nitrogens is 2. The second kappa shape index (κ2) is 8.02. The summed E-state index contributed by atoms with van der Waals surface area (Å²) in [5.74, 6) is 1.26. The number of rotatable bonds is 6. The Hall–Kier alpha value is -3.86. The van der Waals surface area contributed by atoms with Gasteiger partial charge in [-0.2, -0.15) is 0 Å². The molecule has 0 unspecified atom stereocenters. The van der Waals surface area contributed by atoms with Gasteiger partial charge in [-0.05, 0) is 37.3 Å². The van der Waals surface area contributed by atoms with E-state index in [1.54, 1.807) is 12.1 Å². The molecule has 0 aliphatic carbocycles. The number of hydrogen-bond acceptors (Lipinski definition) is 4. The Bertz CT molecular complexity index is 1210. The van der Waals surface area contributed by atoms with Crippen LogP contribution in [0.4, 0.5) is 17.3 Å². The molecule has 0 fully saturated rings. The second-order valence-corrected chi connectivity index (χ2v) is 6.73. The minimum absolute atomic E-state index is 0.0929. The summed E-state index contributed by atoms with van der Waals surface area (Å²) in [6, 6.07) is 23.4. The van der Waals surface area contributed by atoms with E-state index in [9.17, 15) is 4.79 Å². The second-order valence-electron chi connectivity index (χ2n) is 6.73. The van der Waals surface area contributed by atoms with Crippen molar-refractivity contribution >= 4 is 28.2 Å². The molecule has 0 saturated carbocycles. The number of nitrogens with zero attached hydrogens (tertiary/aromatic N) is 2. The fourth-order valence-corrected chi connectivity index (χ4v) is 3.38. The van der Waals surface area contributed by atoms with Crippen molar-refractivity contribution in [3.63, 3.8) is 0 Å². The minimum Gasteiger partial charge on any atom is -0.366 e.